The number of carboxylic acids is 1. The molecule has 0 unspecified atom stereocenters. The number of rotatable bonds is 4. The molecule has 1 aliphatic carbocycles. The highest BCUT2D eigenvalue weighted by Crippen LogP contribution is 2.25. The van der Waals surface area contributed by atoms with Crippen LogP contribution in [0.15, 0.2) is 18.3 Å². The third-order valence-corrected chi connectivity index (χ3v) is 3.58. The van der Waals surface area contributed by atoms with Gasteiger partial charge in [0.1, 0.15) is 5.69 Å². The van der Waals surface area contributed by atoms with Gasteiger partial charge in [-0.05, 0) is 30.9 Å². The molecule has 0 aliphatic heterocycles. The second-order valence-corrected chi connectivity index (χ2v) is 5.07. The Balaban J connectivity index is 2.05. The first-order valence-corrected chi connectivity index (χ1v) is 6.52. The second-order valence-electron chi connectivity index (χ2n) is 5.07. The Morgan fingerprint density at radius 2 is 2.11 bits per heavy atom. The molecule has 0 saturated heterocycles. The summed E-state index contributed by atoms with van der Waals surface area (Å²) < 4.78 is 0. The van der Waals surface area contributed by atoms with E-state index in [1.807, 2.05) is 0 Å². The van der Waals surface area contributed by atoms with Gasteiger partial charge < -0.3 is 10.0 Å². The van der Waals surface area contributed by atoms with Gasteiger partial charge in [0.25, 0.3) is 5.91 Å². The summed E-state index contributed by atoms with van der Waals surface area (Å²) in [6.45, 7) is 0.740. The minimum absolute atomic E-state index is 0.0971. The number of hydrogen-bond acceptors (Lipinski definition) is 3. The Hall–Kier alpha value is -1.91. The maximum absolute atomic E-state index is 12.2. The first kappa shape index (κ1) is 13.5. The molecule has 1 saturated carbocycles. The summed E-state index contributed by atoms with van der Waals surface area (Å²) in [6.07, 6.45) is 6.19. The molecule has 1 amide bonds. The summed E-state index contributed by atoms with van der Waals surface area (Å²) in [7, 11) is 1.77. The van der Waals surface area contributed by atoms with Crippen molar-refractivity contribution in [1.29, 1.82) is 0 Å². The van der Waals surface area contributed by atoms with Gasteiger partial charge in [-0.3, -0.25) is 4.79 Å². The highest BCUT2D eigenvalue weighted by molar-refractivity contribution is 5.96. The number of pyridine rings is 1. The SMILES string of the molecule is CN(CC1CCCC1)C(=O)c1ccnc(C(=O)O)c1. The van der Waals surface area contributed by atoms with Gasteiger partial charge in [0.05, 0.1) is 0 Å². The minimum atomic E-state index is -1.12. The zero-order chi connectivity index (χ0) is 13.8. The van der Waals surface area contributed by atoms with Crippen LogP contribution in [0.2, 0.25) is 0 Å². The maximum Gasteiger partial charge on any atom is 0.354 e. The summed E-state index contributed by atoms with van der Waals surface area (Å²) in [5.41, 5.74) is 0.285. The van der Waals surface area contributed by atoms with E-state index in [9.17, 15) is 9.59 Å². The van der Waals surface area contributed by atoms with Gasteiger partial charge in [0, 0.05) is 25.4 Å². The monoisotopic (exact) mass is 262 g/mol. The molecule has 1 aromatic rings. The molecule has 102 valence electrons. The van der Waals surface area contributed by atoms with E-state index < -0.39 is 5.97 Å². The summed E-state index contributed by atoms with van der Waals surface area (Å²) in [4.78, 5) is 28.4. The molecule has 1 aliphatic rings. The summed E-state index contributed by atoms with van der Waals surface area (Å²) >= 11 is 0. The zero-order valence-corrected chi connectivity index (χ0v) is 11.0. The summed E-state index contributed by atoms with van der Waals surface area (Å²) in [5, 5.41) is 8.87. The molecule has 0 spiro atoms. The Morgan fingerprint density at radius 3 is 2.74 bits per heavy atom. The van der Waals surface area contributed by atoms with E-state index in [1.165, 1.54) is 37.9 Å². The van der Waals surface area contributed by atoms with E-state index in [0.29, 0.717) is 11.5 Å². The average molecular weight is 262 g/mol. The van der Waals surface area contributed by atoms with Crippen molar-refractivity contribution in [3.05, 3.63) is 29.6 Å². The van der Waals surface area contributed by atoms with Crippen molar-refractivity contribution in [3.63, 3.8) is 0 Å². The van der Waals surface area contributed by atoms with Crippen LogP contribution in [0.25, 0.3) is 0 Å². The minimum Gasteiger partial charge on any atom is -0.477 e. The van der Waals surface area contributed by atoms with Crippen LogP contribution in [0.5, 0.6) is 0 Å². The molecule has 2 rings (SSSR count). The molecule has 1 fully saturated rings. The highest BCUT2D eigenvalue weighted by Gasteiger charge is 2.20. The number of nitrogens with zero attached hydrogens (tertiary/aromatic N) is 2. The number of aromatic nitrogens is 1. The van der Waals surface area contributed by atoms with Gasteiger partial charge >= 0.3 is 5.97 Å². The van der Waals surface area contributed by atoms with Crippen molar-refractivity contribution in [2.75, 3.05) is 13.6 Å². The molecule has 0 bridgehead atoms. The average Bonchev–Trinajstić information content (AvgIpc) is 2.90. The Morgan fingerprint density at radius 1 is 1.42 bits per heavy atom. The third-order valence-electron chi connectivity index (χ3n) is 3.58. The van der Waals surface area contributed by atoms with Gasteiger partial charge in [0.15, 0.2) is 0 Å². The number of carbonyl (C=O) groups is 2. The fourth-order valence-electron chi connectivity index (χ4n) is 2.56. The topological polar surface area (TPSA) is 70.5 Å². The molecule has 1 aromatic heterocycles. The normalized spacial score (nSPS) is 15.4. The zero-order valence-electron chi connectivity index (χ0n) is 11.0. The molecule has 5 nitrogen and oxygen atoms in total. The first-order valence-electron chi connectivity index (χ1n) is 6.52. The van der Waals surface area contributed by atoms with Gasteiger partial charge in [-0.2, -0.15) is 0 Å². The number of hydrogen-bond donors (Lipinski definition) is 1. The number of carboxylic acid groups (broad SMARTS) is 1. The van der Waals surface area contributed by atoms with Crippen LogP contribution in [-0.2, 0) is 0 Å². The largest absolute Gasteiger partial charge is 0.477 e. The molecular formula is C14H18N2O3. The van der Waals surface area contributed by atoms with Crippen molar-refractivity contribution < 1.29 is 14.7 Å². The molecule has 0 atom stereocenters. The van der Waals surface area contributed by atoms with Crippen LogP contribution in [0.4, 0.5) is 0 Å². The van der Waals surface area contributed by atoms with Crippen molar-refractivity contribution in [2.45, 2.75) is 25.7 Å². The van der Waals surface area contributed by atoms with E-state index in [4.69, 9.17) is 5.11 Å². The summed E-state index contributed by atoms with van der Waals surface area (Å²) in [5.74, 6) is -0.681. The molecule has 0 radical (unpaired) electrons. The lowest BCUT2D eigenvalue weighted by Gasteiger charge is -2.21. The second kappa shape index (κ2) is 5.82. The molecule has 0 aromatic carbocycles. The number of amides is 1. The van der Waals surface area contributed by atoms with Crippen LogP contribution in [0.3, 0.4) is 0 Å². The third kappa shape index (κ3) is 3.30. The van der Waals surface area contributed by atoms with Crippen LogP contribution >= 0.6 is 0 Å². The quantitative estimate of drug-likeness (QED) is 0.901. The maximum atomic E-state index is 12.2. The smallest absolute Gasteiger partial charge is 0.354 e. The number of aromatic carboxylic acids is 1. The van der Waals surface area contributed by atoms with E-state index >= 15 is 0 Å². The van der Waals surface area contributed by atoms with E-state index in [2.05, 4.69) is 4.98 Å². The van der Waals surface area contributed by atoms with Crippen molar-refractivity contribution in [1.82, 2.24) is 9.88 Å². The standard InChI is InChI=1S/C14H18N2O3/c1-16(9-10-4-2-3-5-10)13(17)11-6-7-15-12(8-11)14(18)19/h6-8,10H,2-5,9H2,1H3,(H,18,19). The Labute approximate surface area is 112 Å². The van der Waals surface area contributed by atoms with Crippen molar-refractivity contribution in [3.8, 4) is 0 Å². The molecule has 5 heteroatoms. The van der Waals surface area contributed by atoms with Crippen LogP contribution in [0, 0.1) is 5.92 Å². The van der Waals surface area contributed by atoms with Gasteiger partial charge in [-0.15, -0.1) is 0 Å². The Kier molecular flexibility index (Phi) is 4.14. The highest BCUT2D eigenvalue weighted by atomic mass is 16.4. The van der Waals surface area contributed by atoms with Crippen LogP contribution in [-0.4, -0.2) is 40.5 Å². The molecule has 19 heavy (non-hydrogen) atoms. The van der Waals surface area contributed by atoms with E-state index in [0.717, 1.165) is 6.54 Å². The first-order chi connectivity index (χ1) is 9.08. The lowest BCUT2D eigenvalue weighted by atomic mass is 10.1. The van der Waals surface area contributed by atoms with Gasteiger partial charge in [-0.1, -0.05) is 12.8 Å². The predicted molar refractivity (Wildman–Crippen MR) is 70.1 cm³/mol. The number of carbonyl (C=O) groups excluding carboxylic acids is 1. The molecule has 1 N–H and O–H groups in total. The van der Waals surface area contributed by atoms with Crippen molar-refractivity contribution >= 4 is 11.9 Å². The van der Waals surface area contributed by atoms with Crippen LogP contribution in [0.1, 0.15) is 46.5 Å². The van der Waals surface area contributed by atoms with Crippen LogP contribution < -0.4 is 0 Å². The molecular weight excluding hydrogens is 244 g/mol. The van der Waals surface area contributed by atoms with E-state index in [1.54, 1.807) is 18.0 Å². The fraction of sp³-hybridized carbons (Fsp3) is 0.500. The Bertz CT molecular complexity index is 481. The summed E-state index contributed by atoms with van der Waals surface area (Å²) in [6, 6.07) is 2.88. The fourth-order valence-corrected chi connectivity index (χ4v) is 2.56. The van der Waals surface area contributed by atoms with Crippen molar-refractivity contribution in [2.24, 2.45) is 5.92 Å². The lowest BCUT2D eigenvalue weighted by molar-refractivity contribution is 0.0690. The van der Waals surface area contributed by atoms with E-state index in [-0.39, 0.29) is 11.6 Å². The molecule has 1 heterocycles. The predicted octanol–water partition coefficient (Wildman–Crippen LogP) is 2.04. The van der Waals surface area contributed by atoms with Gasteiger partial charge in [-0.25, -0.2) is 9.78 Å². The van der Waals surface area contributed by atoms with Gasteiger partial charge in [0.2, 0.25) is 0 Å². The lowest BCUT2D eigenvalue weighted by Crippen LogP contribution is -2.31.